The van der Waals surface area contributed by atoms with Crippen LogP contribution in [0.3, 0.4) is 0 Å². The second-order valence-corrected chi connectivity index (χ2v) is 6.19. The van der Waals surface area contributed by atoms with Gasteiger partial charge in [0.15, 0.2) is 5.65 Å². The Balaban J connectivity index is 1.90. The Labute approximate surface area is 159 Å². The minimum Gasteiger partial charge on any atom is -0.492 e. The van der Waals surface area contributed by atoms with Crippen LogP contribution in [0.15, 0.2) is 36.5 Å². The third-order valence-electron chi connectivity index (χ3n) is 4.30. The van der Waals surface area contributed by atoms with E-state index in [0.29, 0.717) is 37.0 Å². The number of ether oxygens (including phenoxy) is 1. The molecule has 3 aromatic rings. The highest BCUT2D eigenvalue weighted by Gasteiger charge is 2.16. The molecule has 0 spiro atoms. The average Bonchev–Trinajstić information content (AvgIpc) is 3.05. The average molecular weight is 367 g/mol. The van der Waals surface area contributed by atoms with Crippen LogP contribution in [-0.4, -0.2) is 45.1 Å². The van der Waals surface area contributed by atoms with Gasteiger partial charge in [-0.15, -0.1) is 5.10 Å². The fourth-order valence-corrected chi connectivity index (χ4v) is 2.89. The summed E-state index contributed by atoms with van der Waals surface area (Å²) >= 11 is 0. The molecule has 1 N–H and O–H groups in total. The monoisotopic (exact) mass is 367 g/mol. The number of rotatable bonds is 7. The molecule has 0 saturated heterocycles. The highest BCUT2D eigenvalue weighted by Crippen LogP contribution is 2.29. The molecule has 3 rings (SSSR count). The summed E-state index contributed by atoms with van der Waals surface area (Å²) in [6.07, 6.45) is 1.92. The highest BCUT2D eigenvalue weighted by atomic mass is 16.5. The Hall–Kier alpha value is -3.09. The van der Waals surface area contributed by atoms with E-state index in [0.717, 1.165) is 16.9 Å². The maximum atomic E-state index is 12.6. The number of fused-ring (bicyclic) bond motifs is 1. The number of benzene rings is 1. The third kappa shape index (κ3) is 4.02. The molecule has 0 fully saturated rings. The summed E-state index contributed by atoms with van der Waals surface area (Å²) in [6, 6.07) is 9.31. The standard InChI is InChI=1S/C20H25N5O2/c1-5-24(6-2)19(26)15-9-10-16(17(12-15)27-7-3)21-20-22-18-11-8-14(4)13-25(18)23-20/h8-13H,5-7H2,1-4H3,(H,21,23). The van der Waals surface area contributed by atoms with Crippen molar-refractivity contribution in [2.75, 3.05) is 25.0 Å². The van der Waals surface area contributed by atoms with E-state index < -0.39 is 0 Å². The predicted molar refractivity (Wildman–Crippen MR) is 106 cm³/mol. The Morgan fingerprint density at radius 3 is 2.67 bits per heavy atom. The first kappa shape index (κ1) is 18.7. The number of aryl methyl sites for hydroxylation is 1. The number of carbonyl (C=O) groups is 1. The van der Waals surface area contributed by atoms with Crippen LogP contribution in [0.5, 0.6) is 5.75 Å². The summed E-state index contributed by atoms with van der Waals surface area (Å²) < 4.78 is 7.48. The normalized spacial score (nSPS) is 10.8. The largest absolute Gasteiger partial charge is 0.492 e. The first-order valence-corrected chi connectivity index (χ1v) is 9.21. The smallest absolute Gasteiger partial charge is 0.253 e. The number of anilines is 2. The van der Waals surface area contributed by atoms with E-state index in [1.807, 2.05) is 52.1 Å². The third-order valence-corrected chi connectivity index (χ3v) is 4.30. The van der Waals surface area contributed by atoms with Crippen molar-refractivity contribution in [1.82, 2.24) is 19.5 Å². The lowest BCUT2D eigenvalue weighted by atomic mass is 10.1. The van der Waals surface area contributed by atoms with Gasteiger partial charge in [0.05, 0.1) is 12.3 Å². The van der Waals surface area contributed by atoms with Gasteiger partial charge < -0.3 is 15.0 Å². The molecular weight excluding hydrogens is 342 g/mol. The number of amides is 1. The molecule has 142 valence electrons. The van der Waals surface area contributed by atoms with Gasteiger partial charge >= 0.3 is 0 Å². The van der Waals surface area contributed by atoms with E-state index in [9.17, 15) is 4.79 Å². The first-order valence-electron chi connectivity index (χ1n) is 9.21. The van der Waals surface area contributed by atoms with Crippen molar-refractivity contribution in [3.05, 3.63) is 47.7 Å². The Bertz CT molecular complexity index is 947. The minimum atomic E-state index is -0.00571. The highest BCUT2D eigenvalue weighted by molar-refractivity contribution is 5.95. The molecule has 27 heavy (non-hydrogen) atoms. The minimum absolute atomic E-state index is 0.00571. The van der Waals surface area contributed by atoms with Crippen molar-refractivity contribution in [2.45, 2.75) is 27.7 Å². The second-order valence-electron chi connectivity index (χ2n) is 6.19. The molecule has 0 aliphatic carbocycles. The SMILES string of the molecule is CCOc1cc(C(=O)N(CC)CC)ccc1Nc1nc2ccc(C)cn2n1. The molecule has 1 aromatic carbocycles. The van der Waals surface area contributed by atoms with Crippen molar-refractivity contribution in [1.29, 1.82) is 0 Å². The van der Waals surface area contributed by atoms with Gasteiger partial charge in [0.25, 0.3) is 5.91 Å². The van der Waals surface area contributed by atoms with Crippen LogP contribution in [0, 0.1) is 6.92 Å². The zero-order valence-corrected chi connectivity index (χ0v) is 16.2. The number of nitrogens with zero attached hydrogens (tertiary/aromatic N) is 4. The number of aromatic nitrogens is 3. The van der Waals surface area contributed by atoms with Crippen LogP contribution >= 0.6 is 0 Å². The summed E-state index contributed by atoms with van der Waals surface area (Å²) in [7, 11) is 0. The Kier molecular flexibility index (Phi) is 5.59. The molecule has 0 aliphatic heterocycles. The van der Waals surface area contributed by atoms with Crippen molar-refractivity contribution in [3.63, 3.8) is 0 Å². The van der Waals surface area contributed by atoms with Crippen LogP contribution in [0.2, 0.25) is 0 Å². The molecule has 7 nitrogen and oxygen atoms in total. The molecule has 0 saturated carbocycles. The molecule has 7 heteroatoms. The van der Waals surface area contributed by atoms with Gasteiger partial charge in [-0.25, -0.2) is 4.52 Å². The van der Waals surface area contributed by atoms with Gasteiger partial charge in [0.1, 0.15) is 5.75 Å². The maximum Gasteiger partial charge on any atom is 0.253 e. The molecule has 0 aliphatic rings. The topological polar surface area (TPSA) is 71.8 Å². The Morgan fingerprint density at radius 2 is 1.96 bits per heavy atom. The van der Waals surface area contributed by atoms with Crippen molar-refractivity contribution >= 4 is 23.2 Å². The Morgan fingerprint density at radius 1 is 1.19 bits per heavy atom. The van der Waals surface area contributed by atoms with Gasteiger partial charge in [0, 0.05) is 24.8 Å². The van der Waals surface area contributed by atoms with Crippen molar-refractivity contribution in [3.8, 4) is 5.75 Å². The molecule has 0 bridgehead atoms. The van der Waals surface area contributed by atoms with E-state index >= 15 is 0 Å². The van der Waals surface area contributed by atoms with E-state index in [-0.39, 0.29) is 5.91 Å². The van der Waals surface area contributed by atoms with Crippen LogP contribution < -0.4 is 10.1 Å². The first-order chi connectivity index (χ1) is 13.0. The fraction of sp³-hybridized carbons (Fsp3) is 0.350. The molecule has 2 heterocycles. The van der Waals surface area contributed by atoms with E-state index in [1.54, 1.807) is 21.5 Å². The molecule has 0 unspecified atom stereocenters. The number of hydrogen-bond donors (Lipinski definition) is 1. The number of pyridine rings is 1. The zero-order valence-electron chi connectivity index (χ0n) is 16.2. The fourth-order valence-electron chi connectivity index (χ4n) is 2.89. The van der Waals surface area contributed by atoms with Crippen LogP contribution in [0.4, 0.5) is 11.6 Å². The maximum absolute atomic E-state index is 12.6. The molecule has 0 atom stereocenters. The van der Waals surface area contributed by atoms with Gasteiger partial charge in [-0.3, -0.25) is 4.79 Å². The second kappa shape index (κ2) is 8.07. The van der Waals surface area contributed by atoms with Crippen LogP contribution in [-0.2, 0) is 0 Å². The van der Waals surface area contributed by atoms with E-state index in [2.05, 4.69) is 15.4 Å². The summed E-state index contributed by atoms with van der Waals surface area (Å²) in [4.78, 5) is 18.9. The molecular formula is C20H25N5O2. The van der Waals surface area contributed by atoms with Crippen LogP contribution in [0.1, 0.15) is 36.7 Å². The van der Waals surface area contributed by atoms with Gasteiger partial charge in [-0.1, -0.05) is 6.07 Å². The number of nitrogens with one attached hydrogen (secondary N) is 1. The lowest BCUT2D eigenvalue weighted by Crippen LogP contribution is -2.30. The van der Waals surface area contributed by atoms with Crippen molar-refractivity contribution in [2.24, 2.45) is 0 Å². The molecule has 2 aromatic heterocycles. The molecule has 0 radical (unpaired) electrons. The summed E-state index contributed by atoms with van der Waals surface area (Å²) in [5.74, 6) is 1.07. The quantitative estimate of drug-likeness (QED) is 0.690. The summed E-state index contributed by atoms with van der Waals surface area (Å²) in [5, 5.41) is 7.64. The zero-order chi connectivity index (χ0) is 19.4. The number of carbonyl (C=O) groups excluding carboxylic acids is 1. The van der Waals surface area contributed by atoms with Crippen LogP contribution in [0.25, 0.3) is 5.65 Å². The van der Waals surface area contributed by atoms with Gasteiger partial charge in [-0.2, -0.15) is 4.98 Å². The lowest BCUT2D eigenvalue weighted by Gasteiger charge is -2.19. The van der Waals surface area contributed by atoms with Gasteiger partial charge in [-0.05, 0) is 57.5 Å². The lowest BCUT2D eigenvalue weighted by molar-refractivity contribution is 0.0772. The van der Waals surface area contributed by atoms with E-state index in [1.165, 1.54) is 0 Å². The van der Waals surface area contributed by atoms with Gasteiger partial charge in [0.2, 0.25) is 5.95 Å². The van der Waals surface area contributed by atoms with Crippen molar-refractivity contribution < 1.29 is 9.53 Å². The predicted octanol–water partition coefficient (Wildman–Crippen LogP) is 3.66. The summed E-state index contributed by atoms with van der Waals surface area (Å²) in [5.41, 5.74) is 3.19. The number of hydrogen-bond acceptors (Lipinski definition) is 5. The summed E-state index contributed by atoms with van der Waals surface area (Å²) in [6.45, 7) is 9.69. The van der Waals surface area contributed by atoms with E-state index in [4.69, 9.17) is 4.74 Å². The molecule has 1 amide bonds.